The zero-order valence-electron chi connectivity index (χ0n) is 13.8. The fraction of sp³-hybridized carbons (Fsp3) is 0.714. The van der Waals surface area contributed by atoms with Gasteiger partial charge in [0.1, 0.15) is 11.5 Å². The lowest BCUT2D eigenvalue weighted by molar-refractivity contribution is 0.109. The van der Waals surface area contributed by atoms with Crippen LogP contribution >= 0.6 is 0 Å². The average Bonchev–Trinajstić information content (AvgIpc) is 3.39. The van der Waals surface area contributed by atoms with Crippen molar-refractivity contribution in [3.63, 3.8) is 0 Å². The summed E-state index contributed by atoms with van der Waals surface area (Å²) in [5.74, 6) is 7.59. The van der Waals surface area contributed by atoms with Crippen molar-refractivity contribution in [2.45, 2.75) is 32.6 Å². The van der Waals surface area contributed by atoms with Gasteiger partial charge in [0.25, 0.3) is 0 Å². The van der Waals surface area contributed by atoms with Gasteiger partial charge in [-0.3, -0.25) is 5.01 Å². The van der Waals surface area contributed by atoms with E-state index >= 15 is 0 Å². The number of nitrogens with zero attached hydrogens (tertiary/aromatic N) is 3. The van der Waals surface area contributed by atoms with E-state index in [1.165, 1.54) is 5.01 Å². The summed E-state index contributed by atoms with van der Waals surface area (Å²) in [6.45, 7) is 7.83. The molecule has 0 amide bonds. The van der Waals surface area contributed by atoms with E-state index in [4.69, 9.17) is 22.0 Å². The van der Waals surface area contributed by atoms with Gasteiger partial charge in [-0.25, -0.2) is 15.8 Å². The third-order valence-electron chi connectivity index (χ3n) is 3.10. The standard InChI is InChI=1S/C8H14N6.C4H9NO.C2H6/c1-14(11)8-5(9)6(10)12-7(13-8)4-2-3-4;1-3-6-4-2-5-1;1-2/h4H,2-3,9,11H2,1H3,(H2,10,12,13);5H,1-4H2;1-2H3. The molecule has 0 radical (unpaired) electrons. The molecular weight excluding hydrogens is 282 g/mol. The summed E-state index contributed by atoms with van der Waals surface area (Å²) in [5, 5.41) is 4.52. The smallest absolute Gasteiger partial charge is 0.171 e. The van der Waals surface area contributed by atoms with E-state index in [2.05, 4.69) is 15.3 Å². The van der Waals surface area contributed by atoms with Crippen LogP contribution in [0.2, 0.25) is 0 Å². The van der Waals surface area contributed by atoms with Crippen molar-refractivity contribution in [1.82, 2.24) is 15.3 Å². The van der Waals surface area contributed by atoms with Crippen LogP contribution in [0.15, 0.2) is 0 Å². The minimum Gasteiger partial charge on any atom is -0.393 e. The van der Waals surface area contributed by atoms with Crippen molar-refractivity contribution in [1.29, 1.82) is 0 Å². The number of nitrogens with one attached hydrogen (secondary N) is 1. The van der Waals surface area contributed by atoms with Gasteiger partial charge in [0, 0.05) is 26.1 Å². The Hall–Kier alpha value is -1.64. The molecule has 8 heteroatoms. The number of aromatic nitrogens is 2. The lowest BCUT2D eigenvalue weighted by Gasteiger charge is -2.15. The number of anilines is 3. The highest BCUT2D eigenvalue weighted by molar-refractivity contribution is 5.73. The molecule has 8 nitrogen and oxygen atoms in total. The topological polar surface area (TPSA) is 128 Å². The Morgan fingerprint density at radius 3 is 2.09 bits per heavy atom. The second-order valence-electron chi connectivity index (χ2n) is 4.95. The monoisotopic (exact) mass is 311 g/mol. The van der Waals surface area contributed by atoms with E-state index in [9.17, 15) is 0 Å². The molecular formula is C14H29N7O. The molecule has 0 spiro atoms. The normalized spacial score (nSPS) is 16.7. The fourth-order valence-electron chi connectivity index (χ4n) is 1.80. The first-order chi connectivity index (χ1) is 10.6. The molecule has 0 unspecified atom stereocenters. The second-order valence-corrected chi connectivity index (χ2v) is 4.95. The Balaban J connectivity index is 0.000000253. The van der Waals surface area contributed by atoms with Crippen LogP contribution in [-0.4, -0.2) is 43.3 Å². The van der Waals surface area contributed by atoms with Crippen LogP contribution in [-0.2, 0) is 4.74 Å². The van der Waals surface area contributed by atoms with Crippen molar-refractivity contribution >= 4 is 17.3 Å². The zero-order chi connectivity index (χ0) is 16.5. The van der Waals surface area contributed by atoms with E-state index in [-0.39, 0.29) is 0 Å². The van der Waals surface area contributed by atoms with E-state index in [1.54, 1.807) is 7.05 Å². The molecule has 0 aromatic carbocycles. The van der Waals surface area contributed by atoms with Gasteiger partial charge in [-0.05, 0) is 12.8 Å². The maximum atomic E-state index is 5.70. The largest absolute Gasteiger partial charge is 0.393 e. The third kappa shape index (κ3) is 5.63. The van der Waals surface area contributed by atoms with Gasteiger partial charge in [0.05, 0.1) is 13.2 Å². The number of hydrazine groups is 1. The summed E-state index contributed by atoms with van der Waals surface area (Å²) < 4.78 is 5.01. The average molecular weight is 311 g/mol. The summed E-state index contributed by atoms with van der Waals surface area (Å²) >= 11 is 0. The van der Waals surface area contributed by atoms with Crippen molar-refractivity contribution in [2.24, 2.45) is 5.84 Å². The first kappa shape index (κ1) is 18.4. The van der Waals surface area contributed by atoms with Crippen LogP contribution in [0.25, 0.3) is 0 Å². The molecule has 1 aromatic heterocycles. The summed E-state index contributed by atoms with van der Waals surface area (Å²) in [7, 11) is 1.68. The summed E-state index contributed by atoms with van der Waals surface area (Å²) in [6, 6.07) is 0. The van der Waals surface area contributed by atoms with E-state index in [0.29, 0.717) is 23.2 Å². The number of nitrogen functional groups attached to an aromatic ring is 2. The molecule has 0 bridgehead atoms. The first-order valence-corrected chi connectivity index (χ1v) is 7.79. The minimum absolute atomic E-state index is 0.314. The van der Waals surface area contributed by atoms with E-state index < -0.39 is 0 Å². The fourth-order valence-corrected chi connectivity index (χ4v) is 1.80. The molecule has 22 heavy (non-hydrogen) atoms. The van der Waals surface area contributed by atoms with Gasteiger partial charge in [0.15, 0.2) is 11.6 Å². The van der Waals surface area contributed by atoms with Crippen molar-refractivity contribution in [3.8, 4) is 0 Å². The minimum atomic E-state index is 0.314. The van der Waals surface area contributed by atoms with Crippen LogP contribution in [0.3, 0.4) is 0 Å². The van der Waals surface area contributed by atoms with E-state index in [0.717, 1.165) is 45.0 Å². The molecule has 1 aromatic rings. The summed E-state index contributed by atoms with van der Waals surface area (Å²) in [4.78, 5) is 8.42. The third-order valence-corrected chi connectivity index (χ3v) is 3.10. The number of hydrogen-bond acceptors (Lipinski definition) is 8. The van der Waals surface area contributed by atoms with Crippen LogP contribution in [0, 0.1) is 0 Å². The Bertz CT molecular complexity index is 434. The highest BCUT2D eigenvalue weighted by Crippen LogP contribution is 2.39. The van der Waals surface area contributed by atoms with Crippen molar-refractivity contribution in [3.05, 3.63) is 5.82 Å². The predicted octanol–water partition coefficient (Wildman–Crippen LogP) is 0.461. The highest BCUT2D eigenvalue weighted by Gasteiger charge is 2.28. The molecule has 126 valence electrons. The number of hydrogen-bond donors (Lipinski definition) is 4. The van der Waals surface area contributed by atoms with Gasteiger partial charge in [-0.2, -0.15) is 0 Å². The molecule has 1 saturated heterocycles. The number of ether oxygens (including phenoxy) is 1. The second kappa shape index (κ2) is 9.39. The lowest BCUT2D eigenvalue weighted by Crippen LogP contribution is -2.30. The summed E-state index contributed by atoms with van der Waals surface area (Å²) in [5.41, 5.74) is 11.7. The number of nitrogens with two attached hydrogens (primary N) is 3. The molecule has 3 rings (SSSR count). The first-order valence-electron chi connectivity index (χ1n) is 7.79. The van der Waals surface area contributed by atoms with Gasteiger partial charge in [-0.15, -0.1) is 0 Å². The van der Waals surface area contributed by atoms with Crippen molar-refractivity contribution in [2.75, 3.05) is 49.8 Å². The molecule has 2 heterocycles. The number of rotatable bonds is 2. The van der Waals surface area contributed by atoms with Crippen molar-refractivity contribution < 1.29 is 4.74 Å². The van der Waals surface area contributed by atoms with E-state index in [1.807, 2.05) is 13.8 Å². The molecule has 1 saturated carbocycles. The highest BCUT2D eigenvalue weighted by atomic mass is 16.5. The van der Waals surface area contributed by atoms with Crippen LogP contribution < -0.4 is 27.6 Å². The molecule has 1 aliphatic carbocycles. The zero-order valence-corrected chi connectivity index (χ0v) is 13.8. The Morgan fingerprint density at radius 2 is 1.73 bits per heavy atom. The maximum Gasteiger partial charge on any atom is 0.171 e. The summed E-state index contributed by atoms with van der Waals surface area (Å²) in [6.07, 6.45) is 2.24. The molecule has 7 N–H and O–H groups in total. The van der Waals surface area contributed by atoms with Crippen LogP contribution in [0.1, 0.15) is 38.4 Å². The van der Waals surface area contributed by atoms with Crippen LogP contribution in [0.4, 0.5) is 17.3 Å². The Kier molecular flexibility index (Phi) is 7.86. The number of morpholine rings is 1. The lowest BCUT2D eigenvalue weighted by atomic mass is 10.3. The van der Waals surface area contributed by atoms with Gasteiger partial charge < -0.3 is 21.5 Å². The Morgan fingerprint density at radius 1 is 1.14 bits per heavy atom. The van der Waals surface area contributed by atoms with Crippen LogP contribution in [0.5, 0.6) is 0 Å². The molecule has 1 aliphatic heterocycles. The van der Waals surface area contributed by atoms with Gasteiger partial charge >= 0.3 is 0 Å². The van der Waals surface area contributed by atoms with Gasteiger partial charge in [0.2, 0.25) is 0 Å². The van der Waals surface area contributed by atoms with Gasteiger partial charge in [-0.1, -0.05) is 13.8 Å². The molecule has 2 fully saturated rings. The quantitative estimate of drug-likeness (QED) is 0.458. The maximum absolute atomic E-state index is 5.70. The Labute approximate surface area is 132 Å². The molecule has 2 aliphatic rings. The molecule has 0 atom stereocenters. The predicted molar refractivity (Wildman–Crippen MR) is 90.5 cm³/mol. The SMILES string of the molecule is C1COCCN1.CC.CN(N)c1nc(C2CC2)nc(N)c1N.